The van der Waals surface area contributed by atoms with Gasteiger partial charge in [-0.1, -0.05) is 0 Å². The first-order chi connectivity index (χ1) is 13.1. The molecular weight excluding hydrogens is 358 g/mol. The molecule has 0 fully saturated rings. The molecule has 0 unspecified atom stereocenters. The second-order valence-corrected chi connectivity index (χ2v) is 5.63. The molecule has 2 aromatic heterocycles. The number of amides is 1. The van der Waals surface area contributed by atoms with Gasteiger partial charge >= 0.3 is 0 Å². The van der Waals surface area contributed by atoms with Crippen molar-refractivity contribution in [3.8, 4) is 0 Å². The number of methoxy groups -OCH3 is 1. The maximum absolute atomic E-state index is 13.2. The van der Waals surface area contributed by atoms with Gasteiger partial charge in [0.1, 0.15) is 12.1 Å². The predicted octanol–water partition coefficient (Wildman–Crippen LogP) is 1.59. The van der Waals surface area contributed by atoms with E-state index in [0.29, 0.717) is 31.2 Å². The number of nitrogens with one attached hydrogen (secondary N) is 2. The lowest BCUT2D eigenvalue weighted by molar-refractivity contribution is 0.0951. The lowest BCUT2D eigenvalue weighted by Gasteiger charge is -2.08. The van der Waals surface area contributed by atoms with Crippen LogP contribution in [0.2, 0.25) is 0 Å². The number of halogens is 2. The highest BCUT2D eigenvalue weighted by atomic mass is 19.2. The molecule has 0 saturated carbocycles. The van der Waals surface area contributed by atoms with E-state index in [0.717, 1.165) is 17.5 Å². The van der Waals surface area contributed by atoms with Crippen molar-refractivity contribution in [2.45, 2.75) is 6.54 Å². The summed E-state index contributed by atoms with van der Waals surface area (Å²) in [6.45, 7) is 1.73. The molecule has 10 heteroatoms. The van der Waals surface area contributed by atoms with E-state index in [1.54, 1.807) is 18.0 Å². The highest BCUT2D eigenvalue weighted by Crippen LogP contribution is 2.18. The standard InChI is InChI=1S/C17H18F2N6O2/c1-27-7-5-20-15-12-9-24-25(16(12)23-10-22-15)6-4-21-17(26)11-2-3-13(18)14(19)8-11/h2-3,8-10H,4-7H2,1H3,(H,21,26)(H,20,22,23). The number of carbonyl (C=O) groups excluding carboxylic acids is 1. The lowest BCUT2D eigenvalue weighted by Crippen LogP contribution is -2.27. The van der Waals surface area contributed by atoms with E-state index in [4.69, 9.17) is 4.74 Å². The summed E-state index contributed by atoms with van der Waals surface area (Å²) in [5.41, 5.74) is 0.665. The number of carbonyl (C=O) groups is 1. The summed E-state index contributed by atoms with van der Waals surface area (Å²) < 4.78 is 32.8. The van der Waals surface area contributed by atoms with Crippen molar-refractivity contribution in [2.24, 2.45) is 0 Å². The Hall–Kier alpha value is -3.14. The third-order valence-electron chi connectivity index (χ3n) is 3.82. The molecule has 0 atom stereocenters. The highest BCUT2D eigenvalue weighted by molar-refractivity contribution is 5.94. The van der Waals surface area contributed by atoms with Crippen LogP contribution in [0.15, 0.2) is 30.7 Å². The molecule has 0 aliphatic heterocycles. The normalized spacial score (nSPS) is 10.9. The quantitative estimate of drug-likeness (QED) is 0.580. The molecule has 0 aliphatic carbocycles. The van der Waals surface area contributed by atoms with Gasteiger partial charge in [0.05, 0.1) is 24.7 Å². The highest BCUT2D eigenvalue weighted by Gasteiger charge is 2.11. The summed E-state index contributed by atoms with van der Waals surface area (Å²) in [5, 5.41) is 10.8. The summed E-state index contributed by atoms with van der Waals surface area (Å²) in [4.78, 5) is 20.4. The minimum atomic E-state index is -1.06. The molecule has 27 heavy (non-hydrogen) atoms. The zero-order valence-corrected chi connectivity index (χ0v) is 14.6. The van der Waals surface area contributed by atoms with Crippen molar-refractivity contribution in [3.63, 3.8) is 0 Å². The Morgan fingerprint density at radius 3 is 2.85 bits per heavy atom. The Morgan fingerprint density at radius 1 is 1.22 bits per heavy atom. The Morgan fingerprint density at radius 2 is 2.07 bits per heavy atom. The van der Waals surface area contributed by atoms with Crippen LogP contribution in [0.1, 0.15) is 10.4 Å². The predicted molar refractivity (Wildman–Crippen MR) is 94.4 cm³/mol. The number of fused-ring (bicyclic) bond motifs is 1. The van der Waals surface area contributed by atoms with Crippen LogP contribution in [0.25, 0.3) is 11.0 Å². The Bertz CT molecular complexity index is 946. The van der Waals surface area contributed by atoms with Crippen molar-refractivity contribution in [1.29, 1.82) is 0 Å². The number of ether oxygens (including phenoxy) is 1. The van der Waals surface area contributed by atoms with Crippen molar-refractivity contribution in [2.75, 3.05) is 32.1 Å². The van der Waals surface area contributed by atoms with Gasteiger partial charge in [-0.3, -0.25) is 4.79 Å². The second-order valence-electron chi connectivity index (χ2n) is 5.63. The minimum absolute atomic E-state index is 0.0474. The van der Waals surface area contributed by atoms with Gasteiger partial charge in [0.2, 0.25) is 0 Å². The Kier molecular flexibility index (Phi) is 5.87. The molecule has 3 rings (SSSR count). The summed E-state index contributed by atoms with van der Waals surface area (Å²) in [6.07, 6.45) is 3.07. The topological polar surface area (TPSA) is 94.0 Å². The molecule has 8 nitrogen and oxygen atoms in total. The summed E-state index contributed by atoms with van der Waals surface area (Å²) in [5.74, 6) is -1.91. The van der Waals surface area contributed by atoms with Crippen LogP contribution >= 0.6 is 0 Å². The van der Waals surface area contributed by atoms with E-state index in [9.17, 15) is 13.6 Å². The second kappa shape index (κ2) is 8.49. The number of nitrogens with zero attached hydrogens (tertiary/aromatic N) is 4. The third-order valence-corrected chi connectivity index (χ3v) is 3.82. The molecular formula is C17H18F2N6O2. The van der Waals surface area contributed by atoms with Crippen LogP contribution in [-0.2, 0) is 11.3 Å². The SMILES string of the molecule is COCCNc1ncnc2c1cnn2CCNC(=O)c1ccc(F)c(F)c1. The Labute approximate surface area is 153 Å². The Balaban J connectivity index is 1.62. The maximum atomic E-state index is 13.2. The number of rotatable bonds is 8. The van der Waals surface area contributed by atoms with Crippen molar-refractivity contribution >= 4 is 22.8 Å². The molecule has 0 spiro atoms. The van der Waals surface area contributed by atoms with E-state index in [-0.39, 0.29) is 12.1 Å². The number of aromatic nitrogens is 4. The molecule has 1 amide bonds. The lowest BCUT2D eigenvalue weighted by atomic mass is 10.2. The van der Waals surface area contributed by atoms with Gasteiger partial charge in [-0.2, -0.15) is 5.10 Å². The first-order valence-electron chi connectivity index (χ1n) is 8.22. The van der Waals surface area contributed by atoms with E-state index < -0.39 is 17.5 Å². The molecule has 2 N–H and O–H groups in total. The van der Waals surface area contributed by atoms with Gasteiger partial charge in [0.15, 0.2) is 17.3 Å². The smallest absolute Gasteiger partial charge is 0.251 e. The van der Waals surface area contributed by atoms with Crippen LogP contribution < -0.4 is 10.6 Å². The molecule has 0 saturated heterocycles. The van der Waals surface area contributed by atoms with Gasteiger partial charge < -0.3 is 15.4 Å². The van der Waals surface area contributed by atoms with Crippen molar-refractivity contribution < 1.29 is 18.3 Å². The van der Waals surface area contributed by atoms with Crippen LogP contribution in [0.4, 0.5) is 14.6 Å². The summed E-state index contributed by atoms with van der Waals surface area (Å²) in [6, 6.07) is 3.00. The zero-order chi connectivity index (χ0) is 19.2. The van der Waals surface area contributed by atoms with Crippen LogP contribution in [0.5, 0.6) is 0 Å². The maximum Gasteiger partial charge on any atom is 0.251 e. The number of anilines is 1. The van der Waals surface area contributed by atoms with E-state index in [1.807, 2.05) is 0 Å². The first kappa shape index (κ1) is 18.6. The molecule has 0 radical (unpaired) electrons. The van der Waals surface area contributed by atoms with E-state index >= 15 is 0 Å². The third kappa shape index (κ3) is 4.34. The fraction of sp³-hybridized carbons (Fsp3) is 0.294. The fourth-order valence-electron chi connectivity index (χ4n) is 2.48. The van der Waals surface area contributed by atoms with Crippen molar-refractivity contribution in [1.82, 2.24) is 25.1 Å². The molecule has 3 aromatic rings. The van der Waals surface area contributed by atoms with Gasteiger partial charge in [-0.25, -0.2) is 23.4 Å². The fourth-order valence-corrected chi connectivity index (χ4v) is 2.48. The van der Waals surface area contributed by atoms with Crippen molar-refractivity contribution in [3.05, 3.63) is 47.9 Å². The summed E-state index contributed by atoms with van der Waals surface area (Å²) in [7, 11) is 1.61. The van der Waals surface area contributed by atoms with Gasteiger partial charge in [-0.15, -0.1) is 0 Å². The number of hydrogen-bond donors (Lipinski definition) is 2. The number of hydrogen-bond acceptors (Lipinski definition) is 6. The molecule has 0 aliphatic rings. The monoisotopic (exact) mass is 376 g/mol. The molecule has 2 heterocycles. The zero-order valence-electron chi connectivity index (χ0n) is 14.6. The summed E-state index contributed by atoms with van der Waals surface area (Å²) >= 11 is 0. The average Bonchev–Trinajstić information content (AvgIpc) is 3.08. The average molecular weight is 376 g/mol. The van der Waals surface area contributed by atoms with Crippen LogP contribution in [0, 0.1) is 11.6 Å². The van der Waals surface area contributed by atoms with Crippen LogP contribution in [-0.4, -0.2) is 52.5 Å². The van der Waals surface area contributed by atoms with Gasteiger partial charge in [0.25, 0.3) is 5.91 Å². The molecule has 142 valence electrons. The van der Waals surface area contributed by atoms with E-state index in [1.165, 1.54) is 12.4 Å². The minimum Gasteiger partial charge on any atom is -0.383 e. The number of benzene rings is 1. The van der Waals surface area contributed by atoms with Crippen LogP contribution in [0.3, 0.4) is 0 Å². The first-order valence-corrected chi connectivity index (χ1v) is 8.22. The molecule has 1 aromatic carbocycles. The van der Waals surface area contributed by atoms with Gasteiger partial charge in [-0.05, 0) is 18.2 Å². The largest absolute Gasteiger partial charge is 0.383 e. The molecule has 0 bridgehead atoms. The van der Waals surface area contributed by atoms with E-state index in [2.05, 4.69) is 25.7 Å². The van der Waals surface area contributed by atoms with Gasteiger partial charge in [0, 0.05) is 25.8 Å².